The van der Waals surface area contributed by atoms with Crippen LogP contribution >= 0.6 is 0 Å². The third kappa shape index (κ3) is 5.24. The van der Waals surface area contributed by atoms with Gasteiger partial charge >= 0.3 is 5.97 Å². The minimum Gasteiger partial charge on any atom is -0.465 e. The zero-order chi connectivity index (χ0) is 12.6. The van der Waals surface area contributed by atoms with Gasteiger partial charge < -0.3 is 4.74 Å². The second kappa shape index (κ2) is 7.37. The topological polar surface area (TPSA) is 75.7 Å². The van der Waals surface area contributed by atoms with Crippen LogP contribution in [0.15, 0.2) is 12.7 Å². The van der Waals surface area contributed by atoms with Crippen molar-refractivity contribution in [1.82, 2.24) is 9.03 Å². The summed E-state index contributed by atoms with van der Waals surface area (Å²) in [5.41, 5.74) is 0. The maximum Gasteiger partial charge on any atom is 0.321 e. The van der Waals surface area contributed by atoms with Crippen molar-refractivity contribution < 1.29 is 17.9 Å². The van der Waals surface area contributed by atoms with Crippen LogP contribution in [-0.4, -0.2) is 44.9 Å². The Kier molecular flexibility index (Phi) is 6.95. The molecule has 0 aromatic rings. The van der Waals surface area contributed by atoms with E-state index in [9.17, 15) is 13.2 Å². The fourth-order valence-electron chi connectivity index (χ4n) is 1.02. The van der Waals surface area contributed by atoms with Gasteiger partial charge in [0.15, 0.2) is 0 Å². The Balaban J connectivity index is 4.60. The van der Waals surface area contributed by atoms with Gasteiger partial charge in [0.2, 0.25) is 0 Å². The van der Waals surface area contributed by atoms with Crippen molar-refractivity contribution in [2.24, 2.45) is 0 Å². The van der Waals surface area contributed by atoms with Gasteiger partial charge in [-0.15, -0.1) is 6.58 Å². The standard InChI is InChI=1S/C9H18N2O4S/c1-4-7-11(8-9(12)15-6-3)16(13,14)10-5-2/h4,10H,1,5-8H2,2-3H3. The van der Waals surface area contributed by atoms with Crippen molar-refractivity contribution in [3.63, 3.8) is 0 Å². The van der Waals surface area contributed by atoms with Crippen molar-refractivity contribution in [2.45, 2.75) is 13.8 Å². The summed E-state index contributed by atoms with van der Waals surface area (Å²) < 4.78 is 31.2. The molecule has 0 aliphatic carbocycles. The Labute approximate surface area is 96.5 Å². The molecule has 7 heteroatoms. The van der Waals surface area contributed by atoms with Crippen molar-refractivity contribution in [3.8, 4) is 0 Å². The van der Waals surface area contributed by atoms with E-state index in [4.69, 9.17) is 0 Å². The molecule has 1 N–H and O–H groups in total. The van der Waals surface area contributed by atoms with Crippen LogP contribution in [0, 0.1) is 0 Å². The van der Waals surface area contributed by atoms with Gasteiger partial charge in [0.25, 0.3) is 10.2 Å². The highest BCUT2D eigenvalue weighted by atomic mass is 32.2. The van der Waals surface area contributed by atoms with Crippen LogP contribution in [-0.2, 0) is 19.7 Å². The predicted molar refractivity (Wildman–Crippen MR) is 61.0 cm³/mol. The van der Waals surface area contributed by atoms with Crippen molar-refractivity contribution in [3.05, 3.63) is 12.7 Å². The van der Waals surface area contributed by atoms with E-state index >= 15 is 0 Å². The summed E-state index contributed by atoms with van der Waals surface area (Å²) in [6, 6.07) is 0. The van der Waals surface area contributed by atoms with E-state index in [1.54, 1.807) is 13.8 Å². The molecule has 16 heavy (non-hydrogen) atoms. The van der Waals surface area contributed by atoms with Gasteiger partial charge in [0, 0.05) is 13.1 Å². The molecule has 0 aromatic heterocycles. The Morgan fingerprint density at radius 3 is 2.56 bits per heavy atom. The molecular formula is C9H18N2O4S. The summed E-state index contributed by atoms with van der Waals surface area (Å²) in [6.45, 7) is 7.00. The molecule has 94 valence electrons. The average Bonchev–Trinajstić information content (AvgIpc) is 2.17. The van der Waals surface area contributed by atoms with E-state index in [0.29, 0.717) is 0 Å². The van der Waals surface area contributed by atoms with Gasteiger partial charge in [-0.1, -0.05) is 13.0 Å². The maximum absolute atomic E-state index is 11.6. The molecule has 0 saturated carbocycles. The molecule has 0 radical (unpaired) electrons. The molecule has 0 aliphatic heterocycles. The van der Waals surface area contributed by atoms with Crippen LogP contribution in [0.25, 0.3) is 0 Å². The van der Waals surface area contributed by atoms with E-state index < -0.39 is 16.2 Å². The summed E-state index contributed by atoms with van der Waals surface area (Å²) in [7, 11) is -3.64. The van der Waals surface area contributed by atoms with E-state index in [2.05, 4.69) is 16.0 Å². The predicted octanol–water partition coefficient (Wildman–Crippen LogP) is -0.108. The molecule has 0 bridgehead atoms. The highest BCUT2D eigenvalue weighted by Gasteiger charge is 2.22. The van der Waals surface area contributed by atoms with E-state index in [1.165, 1.54) is 6.08 Å². The SMILES string of the molecule is C=CCN(CC(=O)OCC)S(=O)(=O)NCC. The van der Waals surface area contributed by atoms with E-state index in [0.717, 1.165) is 4.31 Å². The summed E-state index contributed by atoms with van der Waals surface area (Å²) in [4.78, 5) is 11.2. The first kappa shape index (κ1) is 15.1. The number of hydrogen-bond donors (Lipinski definition) is 1. The summed E-state index contributed by atoms with van der Waals surface area (Å²) in [5, 5.41) is 0. The minimum absolute atomic E-state index is 0.0636. The molecule has 0 saturated heterocycles. The Hall–Kier alpha value is -0.920. The number of carbonyl (C=O) groups is 1. The number of ether oxygens (including phenoxy) is 1. The first-order chi connectivity index (χ1) is 7.47. The van der Waals surface area contributed by atoms with Crippen molar-refractivity contribution >= 4 is 16.2 Å². The maximum atomic E-state index is 11.6. The number of rotatable bonds is 8. The van der Waals surface area contributed by atoms with Crippen molar-refractivity contribution in [2.75, 3.05) is 26.2 Å². The van der Waals surface area contributed by atoms with Gasteiger partial charge in [-0.2, -0.15) is 12.7 Å². The number of esters is 1. The summed E-state index contributed by atoms with van der Waals surface area (Å²) in [6.07, 6.45) is 1.41. The fourth-order valence-corrected chi connectivity index (χ4v) is 2.14. The molecule has 6 nitrogen and oxygen atoms in total. The van der Waals surface area contributed by atoms with Crippen LogP contribution in [0.1, 0.15) is 13.8 Å². The molecule has 0 fully saturated rings. The van der Waals surface area contributed by atoms with E-state index in [1.807, 2.05) is 0 Å². The number of carbonyl (C=O) groups excluding carboxylic acids is 1. The lowest BCUT2D eigenvalue weighted by molar-refractivity contribution is -0.143. The Morgan fingerprint density at radius 2 is 2.12 bits per heavy atom. The first-order valence-corrected chi connectivity index (χ1v) is 6.43. The van der Waals surface area contributed by atoms with Gasteiger partial charge in [0.1, 0.15) is 6.54 Å². The Bertz CT molecular complexity index is 326. The third-order valence-corrected chi connectivity index (χ3v) is 3.22. The first-order valence-electron chi connectivity index (χ1n) is 4.99. The molecule has 0 rings (SSSR count). The molecule has 0 aliphatic rings. The second-order valence-electron chi connectivity index (χ2n) is 2.89. The highest BCUT2D eigenvalue weighted by Crippen LogP contribution is 1.98. The highest BCUT2D eigenvalue weighted by molar-refractivity contribution is 7.87. The zero-order valence-electron chi connectivity index (χ0n) is 9.60. The lowest BCUT2D eigenvalue weighted by atomic mass is 10.5. The molecular weight excluding hydrogens is 232 g/mol. The molecule has 0 atom stereocenters. The van der Waals surface area contributed by atoms with Crippen LogP contribution in [0.5, 0.6) is 0 Å². The van der Waals surface area contributed by atoms with Gasteiger partial charge in [0.05, 0.1) is 6.61 Å². The van der Waals surface area contributed by atoms with Crippen LogP contribution < -0.4 is 4.72 Å². The summed E-state index contributed by atoms with van der Waals surface area (Å²) in [5.74, 6) is -0.578. The molecule has 0 aromatic carbocycles. The monoisotopic (exact) mass is 250 g/mol. The van der Waals surface area contributed by atoms with Gasteiger partial charge in [-0.25, -0.2) is 4.72 Å². The molecule has 0 heterocycles. The minimum atomic E-state index is -3.64. The smallest absolute Gasteiger partial charge is 0.321 e. The second-order valence-corrected chi connectivity index (χ2v) is 4.64. The zero-order valence-corrected chi connectivity index (χ0v) is 10.4. The number of nitrogens with zero attached hydrogens (tertiary/aromatic N) is 1. The largest absolute Gasteiger partial charge is 0.465 e. The lowest BCUT2D eigenvalue weighted by Gasteiger charge is -2.19. The van der Waals surface area contributed by atoms with Gasteiger partial charge in [-0.05, 0) is 6.92 Å². The lowest BCUT2D eigenvalue weighted by Crippen LogP contribution is -2.43. The Morgan fingerprint density at radius 1 is 1.50 bits per heavy atom. The van der Waals surface area contributed by atoms with Crippen LogP contribution in [0.3, 0.4) is 0 Å². The average molecular weight is 250 g/mol. The molecule has 0 amide bonds. The molecule has 0 unspecified atom stereocenters. The van der Waals surface area contributed by atoms with E-state index in [-0.39, 0.29) is 26.2 Å². The normalized spacial score (nSPS) is 11.4. The number of nitrogens with one attached hydrogen (secondary N) is 1. The number of hydrogen-bond acceptors (Lipinski definition) is 4. The van der Waals surface area contributed by atoms with Crippen LogP contribution in [0.2, 0.25) is 0 Å². The van der Waals surface area contributed by atoms with Crippen LogP contribution in [0.4, 0.5) is 0 Å². The van der Waals surface area contributed by atoms with Crippen molar-refractivity contribution in [1.29, 1.82) is 0 Å². The molecule has 0 spiro atoms. The summed E-state index contributed by atoms with van der Waals surface area (Å²) >= 11 is 0. The van der Waals surface area contributed by atoms with Gasteiger partial charge in [-0.3, -0.25) is 4.79 Å². The quantitative estimate of drug-likeness (QED) is 0.482. The third-order valence-electron chi connectivity index (χ3n) is 1.61. The fraction of sp³-hybridized carbons (Fsp3) is 0.667.